The molecule has 0 saturated heterocycles. The van der Waals surface area contributed by atoms with Crippen molar-refractivity contribution in [3.63, 3.8) is 0 Å². The molecule has 0 amide bonds. The number of carbonyl (C=O) groups is 1. The zero-order valence-corrected chi connectivity index (χ0v) is 7.90. The molecule has 0 aliphatic heterocycles. The first-order valence-corrected chi connectivity index (χ1v) is 4.40. The highest BCUT2D eigenvalue weighted by atomic mass is 16.3. The van der Waals surface area contributed by atoms with Crippen LogP contribution in [0.2, 0.25) is 0 Å². The second kappa shape index (κ2) is 4.19. The van der Waals surface area contributed by atoms with E-state index in [1.165, 1.54) is 0 Å². The van der Waals surface area contributed by atoms with Gasteiger partial charge >= 0.3 is 0 Å². The van der Waals surface area contributed by atoms with Crippen molar-refractivity contribution < 1.29 is 9.90 Å². The molecular weight excluding hydrogens is 164 g/mol. The van der Waals surface area contributed by atoms with Crippen molar-refractivity contribution in [1.82, 2.24) is 0 Å². The van der Waals surface area contributed by atoms with Crippen molar-refractivity contribution in [2.75, 3.05) is 0 Å². The predicted octanol–water partition coefficient (Wildman–Crippen LogP) is 1.89. The van der Waals surface area contributed by atoms with Crippen molar-refractivity contribution in [2.24, 2.45) is 5.92 Å². The van der Waals surface area contributed by atoms with E-state index in [4.69, 9.17) is 0 Å². The summed E-state index contributed by atoms with van der Waals surface area (Å²) in [5.74, 6) is -0.335. The minimum Gasteiger partial charge on any atom is -0.393 e. The number of Topliss-reactive ketones (excluding diaryl/α,β-unsaturated/α-hetero) is 1. The molecule has 2 nitrogen and oxygen atoms in total. The van der Waals surface area contributed by atoms with E-state index in [0.717, 1.165) is 0 Å². The minimum atomic E-state index is -0.590. The monoisotopic (exact) mass is 178 g/mol. The molecule has 0 heterocycles. The molecule has 0 aliphatic rings. The Bertz CT molecular complexity index is 277. The fourth-order valence-electron chi connectivity index (χ4n) is 1.08. The maximum Gasteiger partial charge on any atom is 0.168 e. The highest BCUT2D eigenvalue weighted by Gasteiger charge is 2.18. The van der Waals surface area contributed by atoms with E-state index < -0.39 is 6.10 Å². The van der Waals surface area contributed by atoms with E-state index in [1.54, 1.807) is 26.0 Å². The Morgan fingerprint density at radius 3 is 2.23 bits per heavy atom. The normalized spacial score (nSPS) is 15.0. The Kier molecular flexibility index (Phi) is 3.20. The number of carbonyl (C=O) groups excluding carboxylic acids is 1. The molecule has 0 saturated carbocycles. The number of aliphatic hydroxyl groups is 1. The second-order valence-electron chi connectivity index (χ2n) is 3.26. The topological polar surface area (TPSA) is 37.3 Å². The van der Waals surface area contributed by atoms with Crippen LogP contribution >= 0.6 is 0 Å². The van der Waals surface area contributed by atoms with Crippen LogP contribution in [0.3, 0.4) is 0 Å². The van der Waals surface area contributed by atoms with Gasteiger partial charge in [0.25, 0.3) is 0 Å². The number of benzene rings is 1. The van der Waals surface area contributed by atoms with Crippen molar-refractivity contribution >= 4 is 5.78 Å². The second-order valence-corrected chi connectivity index (χ2v) is 3.26. The fraction of sp³-hybridized carbons (Fsp3) is 0.364. The molecule has 1 aromatic carbocycles. The summed E-state index contributed by atoms with van der Waals surface area (Å²) >= 11 is 0. The zero-order chi connectivity index (χ0) is 9.84. The number of aliphatic hydroxyl groups excluding tert-OH is 1. The first-order valence-electron chi connectivity index (χ1n) is 4.40. The molecule has 1 unspecified atom stereocenters. The summed E-state index contributed by atoms with van der Waals surface area (Å²) in [6, 6.07) is 9.04. The van der Waals surface area contributed by atoms with E-state index >= 15 is 0 Å². The lowest BCUT2D eigenvalue weighted by Gasteiger charge is -2.12. The maximum absolute atomic E-state index is 11.6. The smallest absolute Gasteiger partial charge is 0.168 e. The molecule has 1 aromatic rings. The van der Waals surface area contributed by atoms with Crippen LogP contribution in [0.15, 0.2) is 30.3 Å². The van der Waals surface area contributed by atoms with Gasteiger partial charge in [-0.15, -0.1) is 0 Å². The van der Waals surface area contributed by atoms with Crippen molar-refractivity contribution in [3.8, 4) is 0 Å². The quantitative estimate of drug-likeness (QED) is 0.717. The SMILES string of the molecule is CC(C(=O)c1ccccc1)[C@H](C)O. The average molecular weight is 178 g/mol. The van der Waals surface area contributed by atoms with Gasteiger partial charge in [-0.3, -0.25) is 4.79 Å². The predicted molar refractivity (Wildman–Crippen MR) is 51.6 cm³/mol. The Balaban J connectivity index is 2.80. The standard InChI is InChI=1S/C11H14O2/c1-8(9(2)12)11(13)10-6-4-3-5-7-10/h3-9,12H,1-2H3/t8?,9-/m0/s1. The van der Waals surface area contributed by atoms with Gasteiger partial charge in [0.15, 0.2) is 5.78 Å². The molecule has 2 atom stereocenters. The summed E-state index contributed by atoms with van der Waals surface area (Å²) in [7, 11) is 0. The Labute approximate surface area is 78.2 Å². The van der Waals surface area contributed by atoms with E-state index in [-0.39, 0.29) is 11.7 Å². The molecule has 0 spiro atoms. The van der Waals surface area contributed by atoms with Gasteiger partial charge in [-0.25, -0.2) is 0 Å². The number of hydrogen-bond donors (Lipinski definition) is 1. The highest BCUT2D eigenvalue weighted by Crippen LogP contribution is 2.11. The Morgan fingerprint density at radius 1 is 1.23 bits per heavy atom. The molecule has 70 valence electrons. The third kappa shape index (κ3) is 2.39. The van der Waals surface area contributed by atoms with Crippen LogP contribution in [0.1, 0.15) is 24.2 Å². The van der Waals surface area contributed by atoms with E-state index in [9.17, 15) is 9.90 Å². The van der Waals surface area contributed by atoms with Gasteiger partial charge in [-0.1, -0.05) is 37.3 Å². The fourth-order valence-corrected chi connectivity index (χ4v) is 1.08. The number of rotatable bonds is 3. The minimum absolute atomic E-state index is 0.00407. The zero-order valence-electron chi connectivity index (χ0n) is 7.90. The molecule has 1 rings (SSSR count). The number of ketones is 1. The van der Waals surface area contributed by atoms with Crippen LogP contribution in [0.25, 0.3) is 0 Å². The Hall–Kier alpha value is -1.15. The summed E-state index contributed by atoms with van der Waals surface area (Å²) in [4.78, 5) is 11.6. The Morgan fingerprint density at radius 2 is 1.77 bits per heavy atom. The largest absolute Gasteiger partial charge is 0.393 e. The summed E-state index contributed by atoms with van der Waals surface area (Å²) in [6.45, 7) is 3.37. The highest BCUT2D eigenvalue weighted by molar-refractivity contribution is 5.97. The van der Waals surface area contributed by atoms with Gasteiger partial charge in [0.05, 0.1) is 6.10 Å². The molecule has 0 radical (unpaired) electrons. The first-order chi connectivity index (χ1) is 6.13. The molecule has 0 aliphatic carbocycles. The maximum atomic E-state index is 11.6. The summed E-state index contributed by atoms with van der Waals surface area (Å²) in [5.41, 5.74) is 0.663. The average Bonchev–Trinajstić information content (AvgIpc) is 2.17. The number of hydrogen-bond acceptors (Lipinski definition) is 2. The summed E-state index contributed by atoms with van der Waals surface area (Å²) in [6.07, 6.45) is -0.590. The summed E-state index contributed by atoms with van der Waals surface area (Å²) in [5, 5.41) is 9.23. The molecule has 0 fully saturated rings. The van der Waals surface area contributed by atoms with E-state index in [0.29, 0.717) is 5.56 Å². The molecule has 0 aromatic heterocycles. The van der Waals surface area contributed by atoms with Crippen molar-refractivity contribution in [3.05, 3.63) is 35.9 Å². The van der Waals surface area contributed by atoms with Gasteiger partial charge in [0, 0.05) is 11.5 Å². The van der Waals surface area contributed by atoms with E-state index in [2.05, 4.69) is 0 Å². The van der Waals surface area contributed by atoms with Crippen LogP contribution in [0.5, 0.6) is 0 Å². The lowest BCUT2D eigenvalue weighted by Crippen LogP contribution is -2.22. The van der Waals surface area contributed by atoms with Gasteiger partial charge in [0.2, 0.25) is 0 Å². The molecular formula is C11H14O2. The lowest BCUT2D eigenvalue weighted by molar-refractivity contribution is 0.0759. The van der Waals surface area contributed by atoms with Crippen LogP contribution in [-0.4, -0.2) is 17.0 Å². The van der Waals surface area contributed by atoms with E-state index in [1.807, 2.05) is 18.2 Å². The van der Waals surface area contributed by atoms with Gasteiger partial charge in [-0.2, -0.15) is 0 Å². The lowest BCUT2D eigenvalue weighted by atomic mass is 9.95. The van der Waals surface area contributed by atoms with Crippen LogP contribution in [-0.2, 0) is 0 Å². The molecule has 13 heavy (non-hydrogen) atoms. The third-order valence-corrected chi connectivity index (χ3v) is 2.20. The molecule has 1 N–H and O–H groups in total. The van der Waals surface area contributed by atoms with Crippen LogP contribution in [0.4, 0.5) is 0 Å². The van der Waals surface area contributed by atoms with Gasteiger partial charge in [0.1, 0.15) is 0 Å². The van der Waals surface area contributed by atoms with Crippen molar-refractivity contribution in [1.29, 1.82) is 0 Å². The van der Waals surface area contributed by atoms with Crippen LogP contribution < -0.4 is 0 Å². The van der Waals surface area contributed by atoms with Crippen molar-refractivity contribution in [2.45, 2.75) is 20.0 Å². The first kappa shape index (κ1) is 9.93. The molecule has 2 heteroatoms. The third-order valence-electron chi connectivity index (χ3n) is 2.20. The van der Waals surface area contributed by atoms with Gasteiger partial charge < -0.3 is 5.11 Å². The van der Waals surface area contributed by atoms with Crippen LogP contribution in [0, 0.1) is 5.92 Å². The van der Waals surface area contributed by atoms with Gasteiger partial charge in [-0.05, 0) is 6.92 Å². The molecule has 0 bridgehead atoms. The summed E-state index contributed by atoms with van der Waals surface area (Å²) < 4.78 is 0.